The Morgan fingerprint density at radius 1 is 1.00 bits per heavy atom. The minimum absolute atomic E-state index is 0.116. The molecule has 2 saturated heterocycles. The second-order valence-electron chi connectivity index (χ2n) is 7.96. The molecular formula is C22H25NO9. The van der Waals surface area contributed by atoms with Crippen molar-refractivity contribution in [2.24, 2.45) is 0 Å². The molecule has 10 nitrogen and oxygen atoms in total. The molecule has 1 unspecified atom stereocenters. The summed E-state index contributed by atoms with van der Waals surface area (Å²) in [4.78, 5) is 62.1. The molecular weight excluding hydrogens is 422 g/mol. The van der Waals surface area contributed by atoms with Crippen molar-refractivity contribution < 1.29 is 42.9 Å². The van der Waals surface area contributed by atoms with Crippen LogP contribution < -0.4 is 0 Å². The maximum atomic E-state index is 13.4. The lowest BCUT2D eigenvalue weighted by Crippen LogP contribution is -2.51. The summed E-state index contributed by atoms with van der Waals surface area (Å²) in [5.74, 6) is -3.09. The van der Waals surface area contributed by atoms with Crippen LogP contribution in [0.25, 0.3) is 0 Å². The number of rotatable bonds is 6. The Bertz CT molecular complexity index is 931. The van der Waals surface area contributed by atoms with Gasteiger partial charge in [-0.2, -0.15) is 0 Å². The molecule has 1 aromatic carbocycles. The van der Waals surface area contributed by atoms with Crippen LogP contribution in [0, 0.1) is 0 Å². The molecule has 0 radical (unpaired) electrons. The summed E-state index contributed by atoms with van der Waals surface area (Å²) in [7, 11) is 0. The van der Waals surface area contributed by atoms with Gasteiger partial charge in [0.1, 0.15) is 12.7 Å². The van der Waals surface area contributed by atoms with Crippen LogP contribution in [0.1, 0.15) is 39.7 Å². The van der Waals surface area contributed by atoms with Gasteiger partial charge in [0.15, 0.2) is 18.4 Å². The highest BCUT2D eigenvalue weighted by atomic mass is 16.7. The smallest absolute Gasteiger partial charge is 0.303 e. The van der Waals surface area contributed by atoms with E-state index in [4.69, 9.17) is 18.9 Å². The third-order valence-corrected chi connectivity index (χ3v) is 5.47. The Balaban J connectivity index is 1.96. The summed E-state index contributed by atoms with van der Waals surface area (Å²) in [6.45, 7) is 4.81. The van der Waals surface area contributed by atoms with E-state index in [1.807, 2.05) is 0 Å². The molecule has 172 valence electrons. The van der Waals surface area contributed by atoms with Crippen molar-refractivity contribution in [1.29, 1.82) is 0 Å². The Morgan fingerprint density at radius 3 is 2.16 bits per heavy atom. The van der Waals surface area contributed by atoms with E-state index in [0.717, 1.165) is 18.7 Å². The highest BCUT2D eigenvalue weighted by molar-refractivity contribution is 6.09. The molecule has 10 heteroatoms. The average Bonchev–Trinajstić information content (AvgIpc) is 3.14. The van der Waals surface area contributed by atoms with Gasteiger partial charge in [-0.25, -0.2) is 0 Å². The molecule has 3 rings (SSSR count). The van der Waals surface area contributed by atoms with Crippen LogP contribution in [0.4, 0.5) is 0 Å². The number of imide groups is 1. The lowest BCUT2D eigenvalue weighted by Gasteiger charge is -2.29. The highest BCUT2D eigenvalue weighted by Crippen LogP contribution is 2.40. The number of carbonyl (C=O) groups is 5. The largest absolute Gasteiger partial charge is 0.463 e. The van der Waals surface area contributed by atoms with Crippen LogP contribution in [0.15, 0.2) is 30.3 Å². The Hall–Kier alpha value is -3.27. The average molecular weight is 447 g/mol. The summed E-state index contributed by atoms with van der Waals surface area (Å²) in [5, 5.41) is 0. The zero-order valence-corrected chi connectivity index (χ0v) is 18.2. The lowest BCUT2D eigenvalue weighted by atomic mass is 9.81. The fraction of sp³-hybridized carbons (Fsp3) is 0.500. The second-order valence-corrected chi connectivity index (χ2v) is 7.96. The predicted molar refractivity (Wildman–Crippen MR) is 107 cm³/mol. The molecule has 0 aromatic heterocycles. The minimum Gasteiger partial charge on any atom is -0.463 e. The van der Waals surface area contributed by atoms with Gasteiger partial charge in [0, 0.05) is 27.2 Å². The summed E-state index contributed by atoms with van der Waals surface area (Å²) < 4.78 is 21.4. The molecule has 0 spiro atoms. The molecule has 0 aliphatic carbocycles. The standard InChI is InChI=1S/C22H25NO9/c1-12(24)29-11-16-18(30-13(2)25)19(31-14(3)26)20(32-16)23-17(27)10-22(4,21(23)28)15-8-6-5-7-9-15/h5-9,16,18-20H,10-11H2,1-4H3/t16-,18-,19-,20-,22?/m1/s1. The Kier molecular flexibility index (Phi) is 6.63. The second kappa shape index (κ2) is 9.07. The first-order valence-corrected chi connectivity index (χ1v) is 10.1. The number of esters is 3. The molecule has 0 bridgehead atoms. The first-order valence-electron chi connectivity index (χ1n) is 10.1. The molecule has 2 fully saturated rings. The molecule has 5 atom stereocenters. The van der Waals surface area contributed by atoms with Crippen LogP contribution >= 0.6 is 0 Å². The van der Waals surface area contributed by atoms with Gasteiger partial charge in [-0.15, -0.1) is 0 Å². The van der Waals surface area contributed by atoms with E-state index >= 15 is 0 Å². The lowest BCUT2D eigenvalue weighted by molar-refractivity contribution is -0.173. The third kappa shape index (κ3) is 4.50. The van der Waals surface area contributed by atoms with Gasteiger partial charge in [-0.05, 0) is 12.5 Å². The van der Waals surface area contributed by atoms with E-state index in [1.54, 1.807) is 37.3 Å². The number of hydrogen-bond donors (Lipinski definition) is 0. The monoisotopic (exact) mass is 447 g/mol. The number of hydrogen-bond acceptors (Lipinski definition) is 9. The molecule has 32 heavy (non-hydrogen) atoms. The number of likely N-dealkylation sites (tertiary alicyclic amines) is 1. The van der Waals surface area contributed by atoms with E-state index in [-0.39, 0.29) is 13.0 Å². The van der Waals surface area contributed by atoms with E-state index in [0.29, 0.717) is 5.56 Å². The van der Waals surface area contributed by atoms with Gasteiger partial charge in [0.2, 0.25) is 11.8 Å². The van der Waals surface area contributed by atoms with Crippen molar-refractivity contribution in [2.75, 3.05) is 6.61 Å². The predicted octanol–water partition coefficient (Wildman–Crippen LogP) is 0.855. The molecule has 2 heterocycles. The van der Waals surface area contributed by atoms with Gasteiger partial charge in [0.05, 0.1) is 5.41 Å². The van der Waals surface area contributed by atoms with Crippen molar-refractivity contribution in [3.63, 3.8) is 0 Å². The fourth-order valence-electron chi connectivity index (χ4n) is 4.03. The summed E-state index contributed by atoms with van der Waals surface area (Å²) in [6, 6.07) is 8.82. The van der Waals surface area contributed by atoms with Crippen molar-refractivity contribution in [2.45, 2.75) is 64.1 Å². The van der Waals surface area contributed by atoms with Crippen LogP contribution in [0.5, 0.6) is 0 Å². The zero-order chi connectivity index (χ0) is 23.6. The SMILES string of the molecule is CC(=O)OC[C@H]1O[C@@H](N2C(=O)CC(C)(c3ccccc3)C2=O)[C@H](OC(C)=O)[C@@H]1OC(C)=O. The summed E-state index contributed by atoms with van der Waals surface area (Å²) in [6.07, 6.45) is -5.00. The zero-order valence-electron chi connectivity index (χ0n) is 18.2. The number of ether oxygens (including phenoxy) is 4. The quantitative estimate of drug-likeness (QED) is 0.354. The number of carbonyl (C=O) groups excluding carboxylic acids is 5. The maximum absolute atomic E-state index is 13.4. The number of benzene rings is 1. The molecule has 2 amide bonds. The van der Waals surface area contributed by atoms with Crippen molar-refractivity contribution in [3.05, 3.63) is 35.9 Å². The van der Waals surface area contributed by atoms with E-state index in [1.165, 1.54) is 6.92 Å². The van der Waals surface area contributed by atoms with Gasteiger partial charge in [0.25, 0.3) is 0 Å². The maximum Gasteiger partial charge on any atom is 0.303 e. The Morgan fingerprint density at radius 2 is 1.59 bits per heavy atom. The molecule has 0 N–H and O–H groups in total. The normalized spacial score (nSPS) is 29.7. The van der Waals surface area contributed by atoms with Gasteiger partial charge in [-0.3, -0.25) is 28.9 Å². The van der Waals surface area contributed by atoms with Crippen LogP contribution in [-0.4, -0.2) is 65.8 Å². The number of amides is 2. The van der Waals surface area contributed by atoms with E-state index in [2.05, 4.69) is 0 Å². The van der Waals surface area contributed by atoms with Crippen LogP contribution in [0.3, 0.4) is 0 Å². The van der Waals surface area contributed by atoms with Crippen LogP contribution in [0.2, 0.25) is 0 Å². The van der Waals surface area contributed by atoms with E-state index in [9.17, 15) is 24.0 Å². The first-order chi connectivity index (χ1) is 15.0. The van der Waals surface area contributed by atoms with Crippen molar-refractivity contribution >= 4 is 29.7 Å². The Labute approximate surface area is 184 Å². The number of nitrogens with zero attached hydrogens (tertiary/aromatic N) is 1. The van der Waals surface area contributed by atoms with Gasteiger partial charge >= 0.3 is 17.9 Å². The van der Waals surface area contributed by atoms with Crippen LogP contribution in [-0.2, 0) is 48.3 Å². The topological polar surface area (TPSA) is 126 Å². The van der Waals surface area contributed by atoms with Crippen molar-refractivity contribution in [3.8, 4) is 0 Å². The highest BCUT2D eigenvalue weighted by Gasteiger charge is 2.59. The van der Waals surface area contributed by atoms with Gasteiger partial charge < -0.3 is 18.9 Å². The summed E-state index contributed by atoms with van der Waals surface area (Å²) in [5.41, 5.74) is -0.496. The van der Waals surface area contributed by atoms with Crippen molar-refractivity contribution in [1.82, 2.24) is 4.90 Å². The minimum atomic E-state index is -1.35. The first kappa shape index (κ1) is 23.4. The molecule has 1 aromatic rings. The summed E-state index contributed by atoms with van der Waals surface area (Å²) >= 11 is 0. The van der Waals surface area contributed by atoms with E-state index < -0.39 is 59.7 Å². The molecule has 2 aliphatic rings. The third-order valence-electron chi connectivity index (χ3n) is 5.47. The van der Waals surface area contributed by atoms with Gasteiger partial charge in [-0.1, -0.05) is 30.3 Å². The fourth-order valence-corrected chi connectivity index (χ4v) is 4.03. The molecule has 0 saturated carbocycles. The molecule has 2 aliphatic heterocycles.